The Bertz CT molecular complexity index is 394. The van der Waals surface area contributed by atoms with Crippen molar-refractivity contribution in [3.63, 3.8) is 0 Å². The Balaban J connectivity index is 1.88. The summed E-state index contributed by atoms with van der Waals surface area (Å²) < 4.78 is 5.52. The van der Waals surface area contributed by atoms with Gasteiger partial charge in [-0.15, -0.1) is 0 Å². The van der Waals surface area contributed by atoms with E-state index in [1.807, 2.05) is 0 Å². The molecular formula is C17H27NO2. The van der Waals surface area contributed by atoms with Crippen LogP contribution in [0, 0.1) is 0 Å². The van der Waals surface area contributed by atoms with Crippen molar-refractivity contribution in [2.24, 2.45) is 0 Å². The molecule has 3 nitrogen and oxygen atoms in total. The summed E-state index contributed by atoms with van der Waals surface area (Å²) in [4.78, 5) is 2.32. The summed E-state index contributed by atoms with van der Waals surface area (Å²) >= 11 is 0. The van der Waals surface area contributed by atoms with E-state index in [1.165, 1.54) is 24.1 Å². The molecule has 1 aromatic carbocycles. The molecule has 0 fully saturated rings. The zero-order valence-electron chi connectivity index (χ0n) is 12.6. The van der Waals surface area contributed by atoms with Crippen LogP contribution in [0.5, 0.6) is 0 Å². The maximum Gasteiger partial charge on any atom is 0.0947 e. The molecule has 2 rings (SSSR count). The standard InChI is InChI=1S/C17H27NO2/c1-2-3-12-20-14-16(19)13-18-11-7-6-9-15-8-4-5-10-17(15)18/h4-5,8,10,16,19H,2-3,6-7,9,11-14H2,1H3. The normalized spacial score (nSPS) is 16.6. The fourth-order valence-electron chi connectivity index (χ4n) is 2.73. The van der Waals surface area contributed by atoms with Gasteiger partial charge in [-0.05, 0) is 37.3 Å². The molecule has 1 aromatic rings. The molecule has 0 saturated heterocycles. The summed E-state index contributed by atoms with van der Waals surface area (Å²) in [5.74, 6) is 0. The first-order valence-corrected chi connectivity index (χ1v) is 7.90. The molecular weight excluding hydrogens is 250 g/mol. The molecule has 0 aliphatic carbocycles. The third-order valence-corrected chi connectivity index (χ3v) is 3.84. The third-order valence-electron chi connectivity index (χ3n) is 3.84. The summed E-state index contributed by atoms with van der Waals surface area (Å²) in [6.07, 6.45) is 5.37. The molecule has 0 saturated carbocycles. The molecule has 1 atom stereocenters. The number of para-hydroxylation sites is 1. The number of β-amino-alcohol motifs (C(OH)–C–C–N with tert-alkyl or cyclic N) is 1. The van der Waals surface area contributed by atoms with Crippen LogP contribution < -0.4 is 4.90 Å². The predicted octanol–water partition coefficient (Wildman–Crippen LogP) is 3.01. The lowest BCUT2D eigenvalue weighted by molar-refractivity contribution is 0.0392. The van der Waals surface area contributed by atoms with Crippen LogP contribution in [0.15, 0.2) is 24.3 Å². The minimum Gasteiger partial charge on any atom is -0.389 e. The topological polar surface area (TPSA) is 32.7 Å². The number of aliphatic hydroxyl groups is 1. The van der Waals surface area contributed by atoms with E-state index in [2.05, 4.69) is 36.1 Å². The Kier molecular flexibility index (Phi) is 6.34. The highest BCUT2D eigenvalue weighted by atomic mass is 16.5. The molecule has 1 heterocycles. The molecule has 3 heteroatoms. The van der Waals surface area contributed by atoms with E-state index in [-0.39, 0.29) is 0 Å². The number of hydrogen-bond donors (Lipinski definition) is 1. The highest BCUT2D eigenvalue weighted by Crippen LogP contribution is 2.26. The number of aliphatic hydroxyl groups excluding tert-OH is 1. The summed E-state index contributed by atoms with van der Waals surface area (Å²) in [6, 6.07) is 8.57. The minimum absolute atomic E-state index is 0.405. The van der Waals surface area contributed by atoms with Gasteiger partial charge in [0.1, 0.15) is 0 Å². The maximum atomic E-state index is 10.2. The minimum atomic E-state index is -0.405. The molecule has 1 aliphatic rings. The van der Waals surface area contributed by atoms with Crippen molar-refractivity contribution in [3.05, 3.63) is 29.8 Å². The Hall–Kier alpha value is -1.06. The first-order chi connectivity index (χ1) is 9.81. The fourth-order valence-corrected chi connectivity index (χ4v) is 2.73. The van der Waals surface area contributed by atoms with Gasteiger partial charge < -0.3 is 14.7 Å². The van der Waals surface area contributed by atoms with Crippen molar-refractivity contribution >= 4 is 5.69 Å². The van der Waals surface area contributed by atoms with Gasteiger partial charge in [0.05, 0.1) is 12.7 Å². The van der Waals surface area contributed by atoms with Gasteiger partial charge in [0.2, 0.25) is 0 Å². The van der Waals surface area contributed by atoms with Gasteiger partial charge in [0.15, 0.2) is 0 Å². The number of unbranched alkanes of at least 4 members (excludes halogenated alkanes) is 1. The molecule has 112 valence electrons. The zero-order chi connectivity index (χ0) is 14.2. The summed E-state index contributed by atoms with van der Waals surface area (Å²) in [7, 11) is 0. The first kappa shape index (κ1) is 15.3. The quantitative estimate of drug-likeness (QED) is 0.778. The molecule has 0 bridgehead atoms. The number of anilines is 1. The smallest absolute Gasteiger partial charge is 0.0947 e. The van der Waals surface area contributed by atoms with Gasteiger partial charge >= 0.3 is 0 Å². The largest absolute Gasteiger partial charge is 0.389 e. The van der Waals surface area contributed by atoms with Gasteiger partial charge in [0, 0.05) is 25.4 Å². The summed E-state index contributed by atoms with van der Waals surface area (Å²) in [5.41, 5.74) is 2.70. The van der Waals surface area contributed by atoms with E-state index in [4.69, 9.17) is 4.74 Å². The van der Waals surface area contributed by atoms with Gasteiger partial charge in [-0.3, -0.25) is 0 Å². The lowest BCUT2D eigenvalue weighted by Crippen LogP contribution is -2.35. The van der Waals surface area contributed by atoms with E-state index in [1.54, 1.807) is 0 Å². The molecule has 0 radical (unpaired) electrons. The zero-order valence-corrected chi connectivity index (χ0v) is 12.6. The average Bonchev–Trinajstić information content (AvgIpc) is 2.67. The number of fused-ring (bicyclic) bond motifs is 1. The lowest BCUT2D eigenvalue weighted by atomic mass is 10.1. The van der Waals surface area contributed by atoms with Crippen molar-refractivity contribution < 1.29 is 9.84 Å². The van der Waals surface area contributed by atoms with Crippen LogP contribution in [0.3, 0.4) is 0 Å². The van der Waals surface area contributed by atoms with Crippen molar-refractivity contribution in [3.8, 4) is 0 Å². The SMILES string of the molecule is CCCCOCC(O)CN1CCCCc2ccccc21. The van der Waals surface area contributed by atoms with E-state index < -0.39 is 6.10 Å². The van der Waals surface area contributed by atoms with E-state index in [9.17, 15) is 5.11 Å². The number of rotatable bonds is 7. The molecule has 20 heavy (non-hydrogen) atoms. The van der Waals surface area contributed by atoms with Crippen molar-refractivity contribution in [1.29, 1.82) is 0 Å². The van der Waals surface area contributed by atoms with Gasteiger partial charge in [-0.25, -0.2) is 0 Å². The Labute approximate surface area is 122 Å². The average molecular weight is 277 g/mol. The number of nitrogens with zero attached hydrogens (tertiary/aromatic N) is 1. The number of hydrogen-bond acceptors (Lipinski definition) is 3. The second kappa shape index (κ2) is 8.28. The second-order valence-corrected chi connectivity index (χ2v) is 5.61. The fraction of sp³-hybridized carbons (Fsp3) is 0.647. The van der Waals surface area contributed by atoms with Crippen molar-refractivity contribution in [1.82, 2.24) is 0 Å². The van der Waals surface area contributed by atoms with E-state index in [0.29, 0.717) is 13.2 Å². The van der Waals surface area contributed by atoms with Crippen LogP contribution in [0.4, 0.5) is 5.69 Å². The second-order valence-electron chi connectivity index (χ2n) is 5.61. The number of benzene rings is 1. The summed E-state index contributed by atoms with van der Waals surface area (Å²) in [5, 5.41) is 10.2. The molecule has 1 unspecified atom stereocenters. The van der Waals surface area contributed by atoms with Crippen LogP contribution in [-0.2, 0) is 11.2 Å². The predicted molar refractivity (Wildman–Crippen MR) is 83.3 cm³/mol. The van der Waals surface area contributed by atoms with Gasteiger partial charge in [-0.2, -0.15) is 0 Å². The van der Waals surface area contributed by atoms with E-state index >= 15 is 0 Å². The molecule has 0 aromatic heterocycles. The van der Waals surface area contributed by atoms with Gasteiger partial charge in [0.25, 0.3) is 0 Å². The highest BCUT2D eigenvalue weighted by Gasteiger charge is 2.17. The Morgan fingerprint density at radius 2 is 2.15 bits per heavy atom. The number of aryl methyl sites for hydroxylation is 1. The highest BCUT2D eigenvalue weighted by molar-refractivity contribution is 5.54. The third kappa shape index (κ3) is 4.50. The summed E-state index contributed by atoms with van der Waals surface area (Å²) in [6.45, 7) is 5.04. The maximum absolute atomic E-state index is 10.2. The van der Waals surface area contributed by atoms with Crippen LogP contribution >= 0.6 is 0 Å². The van der Waals surface area contributed by atoms with Crippen molar-refractivity contribution in [2.45, 2.75) is 45.1 Å². The van der Waals surface area contributed by atoms with Crippen molar-refractivity contribution in [2.75, 3.05) is 31.2 Å². The Morgan fingerprint density at radius 3 is 3.00 bits per heavy atom. The van der Waals surface area contributed by atoms with Gasteiger partial charge in [-0.1, -0.05) is 31.5 Å². The first-order valence-electron chi connectivity index (χ1n) is 7.90. The Morgan fingerprint density at radius 1 is 1.30 bits per heavy atom. The van der Waals surface area contributed by atoms with Crippen LogP contribution in [0.2, 0.25) is 0 Å². The van der Waals surface area contributed by atoms with Crippen LogP contribution in [-0.4, -0.2) is 37.5 Å². The van der Waals surface area contributed by atoms with Crippen LogP contribution in [0.25, 0.3) is 0 Å². The molecule has 1 N–H and O–H groups in total. The number of ether oxygens (including phenoxy) is 1. The monoisotopic (exact) mass is 277 g/mol. The van der Waals surface area contributed by atoms with E-state index in [0.717, 1.165) is 32.4 Å². The van der Waals surface area contributed by atoms with Crippen LogP contribution in [0.1, 0.15) is 38.2 Å². The lowest BCUT2D eigenvalue weighted by Gasteiger charge is -2.27. The molecule has 0 amide bonds. The molecule has 1 aliphatic heterocycles. The molecule has 0 spiro atoms.